The summed E-state index contributed by atoms with van der Waals surface area (Å²) in [6.07, 6.45) is 3.02. The lowest BCUT2D eigenvalue weighted by Crippen LogP contribution is -2.12. The Labute approximate surface area is 223 Å². The first-order valence-corrected chi connectivity index (χ1v) is 14.0. The van der Waals surface area contributed by atoms with Crippen molar-refractivity contribution in [3.05, 3.63) is 89.6 Å². The molecule has 0 fully saturated rings. The second-order valence-electron chi connectivity index (χ2n) is 11.7. The first-order chi connectivity index (χ1) is 17.7. The van der Waals surface area contributed by atoms with Crippen molar-refractivity contribution in [2.75, 3.05) is 0 Å². The Morgan fingerprint density at radius 1 is 0.892 bits per heavy atom. The second-order valence-corrected chi connectivity index (χ2v) is 12.8. The van der Waals surface area contributed by atoms with Gasteiger partial charge in [-0.2, -0.15) is 0 Å². The molecule has 3 heteroatoms. The average Bonchev–Trinajstić information content (AvgIpc) is 3.43. The van der Waals surface area contributed by atoms with Gasteiger partial charge in [0.15, 0.2) is 5.58 Å². The summed E-state index contributed by atoms with van der Waals surface area (Å²) in [6.45, 7) is 13.5. The van der Waals surface area contributed by atoms with Gasteiger partial charge in [0, 0.05) is 27.4 Å². The number of nitrogens with zero attached hydrogens (tertiary/aromatic N) is 1. The molecule has 0 atom stereocenters. The number of rotatable bonds is 4. The lowest BCUT2D eigenvalue weighted by molar-refractivity contribution is 0.596. The van der Waals surface area contributed by atoms with Gasteiger partial charge in [0.2, 0.25) is 0 Å². The lowest BCUT2D eigenvalue weighted by atomic mass is 9.82. The number of aryl methyl sites for hydroxylation is 1. The van der Waals surface area contributed by atoms with Crippen LogP contribution in [0.5, 0.6) is 0 Å². The minimum Gasteiger partial charge on any atom is -0.453 e. The van der Waals surface area contributed by atoms with Crippen LogP contribution in [0.4, 0.5) is 0 Å². The Balaban J connectivity index is 1.52. The number of benzene rings is 3. The van der Waals surface area contributed by atoms with Crippen molar-refractivity contribution < 1.29 is 4.42 Å². The van der Waals surface area contributed by atoms with Gasteiger partial charge in [0.1, 0.15) is 11.5 Å². The maximum atomic E-state index is 6.68. The highest BCUT2D eigenvalue weighted by Crippen LogP contribution is 2.43. The summed E-state index contributed by atoms with van der Waals surface area (Å²) in [5.41, 5.74) is 6.77. The van der Waals surface area contributed by atoms with Crippen LogP contribution in [0.2, 0.25) is 0 Å². The zero-order chi connectivity index (χ0) is 25.9. The van der Waals surface area contributed by atoms with E-state index in [9.17, 15) is 0 Å². The molecule has 186 valence electrons. The molecule has 3 aromatic carbocycles. The Kier molecular flexibility index (Phi) is 5.72. The third kappa shape index (κ3) is 4.26. The van der Waals surface area contributed by atoms with Gasteiger partial charge in [-0.05, 0) is 82.3 Å². The van der Waals surface area contributed by atoms with Crippen LogP contribution in [0.1, 0.15) is 51.3 Å². The standard InChI is InChI=1S/C34H33NOS/c1-20(2)15-22-11-12-29-24(16-22)19-30(37-29)32-21(3)26-13-14-35-31(33(26)36-32)25-17-23-9-7-8-10-27(23)28(18-25)34(4,5)6/h7-14,16-20H,15H2,1-6H3. The van der Waals surface area contributed by atoms with E-state index < -0.39 is 0 Å². The highest BCUT2D eigenvalue weighted by Gasteiger charge is 2.22. The summed E-state index contributed by atoms with van der Waals surface area (Å²) in [4.78, 5) is 6.02. The normalized spacial score (nSPS) is 12.4. The minimum atomic E-state index is 0.0131. The summed E-state index contributed by atoms with van der Waals surface area (Å²) in [7, 11) is 0. The minimum absolute atomic E-state index is 0.0131. The number of furan rings is 1. The van der Waals surface area contributed by atoms with Crippen molar-refractivity contribution in [2.45, 2.75) is 53.4 Å². The Bertz CT molecular complexity index is 1780. The molecular weight excluding hydrogens is 470 g/mol. The fourth-order valence-corrected chi connectivity index (χ4v) is 6.54. The van der Waals surface area contributed by atoms with Gasteiger partial charge in [-0.25, -0.2) is 0 Å². The van der Waals surface area contributed by atoms with E-state index in [0.717, 1.165) is 34.4 Å². The van der Waals surface area contributed by atoms with Crippen LogP contribution >= 0.6 is 11.3 Å². The molecule has 0 aliphatic carbocycles. The Morgan fingerprint density at radius 3 is 2.49 bits per heavy atom. The molecule has 0 aliphatic rings. The fraction of sp³-hybridized carbons (Fsp3) is 0.265. The van der Waals surface area contributed by atoms with Gasteiger partial charge >= 0.3 is 0 Å². The van der Waals surface area contributed by atoms with Gasteiger partial charge < -0.3 is 4.42 Å². The van der Waals surface area contributed by atoms with Gasteiger partial charge in [-0.3, -0.25) is 4.98 Å². The van der Waals surface area contributed by atoms with E-state index in [0.29, 0.717) is 5.92 Å². The van der Waals surface area contributed by atoms with Crippen molar-refractivity contribution in [2.24, 2.45) is 5.92 Å². The quantitative estimate of drug-likeness (QED) is 0.239. The molecule has 0 N–H and O–H groups in total. The van der Waals surface area contributed by atoms with Crippen LogP contribution in [0.15, 0.2) is 77.3 Å². The maximum absolute atomic E-state index is 6.68. The SMILES string of the molecule is Cc1c(-c2cc3cc(CC(C)C)ccc3s2)oc2c(-c3cc(C(C)(C)C)c4ccccc4c3)nccc12. The Hall–Kier alpha value is -3.43. The van der Waals surface area contributed by atoms with Crippen LogP contribution in [-0.4, -0.2) is 4.98 Å². The van der Waals surface area contributed by atoms with E-state index >= 15 is 0 Å². The van der Waals surface area contributed by atoms with E-state index in [-0.39, 0.29) is 5.41 Å². The van der Waals surface area contributed by atoms with E-state index in [1.165, 1.54) is 42.4 Å². The third-order valence-corrected chi connectivity index (χ3v) is 8.36. The largest absolute Gasteiger partial charge is 0.453 e. The van der Waals surface area contributed by atoms with Gasteiger partial charge in [0.05, 0.1) is 4.88 Å². The summed E-state index contributed by atoms with van der Waals surface area (Å²) in [5, 5.41) is 4.95. The van der Waals surface area contributed by atoms with Crippen LogP contribution in [0.3, 0.4) is 0 Å². The molecule has 0 saturated heterocycles. The second kappa shape index (κ2) is 8.85. The van der Waals surface area contributed by atoms with Crippen molar-refractivity contribution in [3.63, 3.8) is 0 Å². The smallest absolute Gasteiger partial charge is 0.161 e. The molecule has 0 radical (unpaired) electrons. The summed E-state index contributed by atoms with van der Waals surface area (Å²) in [5.74, 6) is 1.60. The predicted octanol–water partition coefficient (Wildman–Crippen LogP) is 10.3. The van der Waals surface area contributed by atoms with E-state index in [1.54, 1.807) is 11.3 Å². The molecule has 0 spiro atoms. The number of hydrogen-bond donors (Lipinski definition) is 0. The summed E-state index contributed by atoms with van der Waals surface area (Å²) >= 11 is 1.80. The molecular formula is C34H33NOS. The summed E-state index contributed by atoms with van der Waals surface area (Å²) in [6, 6.07) is 24.4. The first-order valence-electron chi connectivity index (χ1n) is 13.1. The predicted molar refractivity (Wildman–Crippen MR) is 160 cm³/mol. The van der Waals surface area contributed by atoms with Crippen LogP contribution in [0.25, 0.3) is 53.7 Å². The number of fused-ring (bicyclic) bond motifs is 3. The lowest BCUT2D eigenvalue weighted by Gasteiger charge is -2.22. The number of hydrogen-bond acceptors (Lipinski definition) is 3. The molecule has 37 heavy (non-hydrogen) atoms. The van der Waals surface area contributed by atoms with Crippen molar-refractivity contribution >= 4 is 43.2 Å². The van der Waals surface area contributed by atoms with E-state index in [1.807, 2.05) is 6.20 Å². The molecule has 0 unspecified atom stereocenters. The number of thiophene rings is 1. The summed E-state index contributed by atoms with van der Waals surface area (Å²) < 4.78 is 7.98. The molecule has 6 rings (SSSR count). The van der Waals surface area contributed by atoms with Gasteiger partial charge in [-0.15, -0.1) is 11.3 Å². The molecule has 3 aromatic heterocycles. The monoisotopic (exact) mass is 503 g/mol. The molecule has 2 nitrogen and oxygen atoms in total. The average molecular weight is 504 g/mol. The van der Waals surface area contributed by atoms with Crippen LogP contribution in [-0.2, 0) is 11.8 Å². The topological polar surface area (TPSA) is 26.0 Å². The van der Waals surface area contributed by atoms with Crippen molar-refractivity contribution in [3.8, 4) is 21.9 Å². The van der Waals surface area contributed by atoms with Gasteiger partial charge in [0.25, 0.3) is 0 Å². The highest BCUT2D eigenvalue weighted by atomic mass is 32.1. The third-order valence-electron chi connectivity index (χ3n) is 7.24. The molecule has 0 amide bonds. The molecule has 6 aromatic rings. The molecule has 0 aliphatic heterocycles. The molecule has 0 saturated carbocycles. The first kappa shape index (κ1) is 23.9. The number of aromatic nitrogens is 1. The fourth-order valence-electron chi connectivity index (χ4n) is 5.46. The highest BCUT2D eigenvalue weighted by molar-refractivity contribution is 7.22. The van der Waals surface area contributed by atoms with Crippen molar-refractivity contribution in [1.82, 2.24) is 4.98 Å². The van der Waals surface area contributed by atoms with E-state index in [2.05, 4.69) is 108 Å². The van der Waals surface area contributed by atoms with Crippen molar-refractivity contribution in [1.29, 1.82) is 0 Å². The molecule has 3 heterocycles. The van der Waals surface area contributed by atoms with Gasteiger partial charge in [-0.1, -0.05) is 71.0 Å². The zero-order valence-electron chi connectivity index (χ0n) is 22.5. The number of pyridine rings is 1. The van der Waals surface area contributed by atoms with E-state index in [4.69, 9.17) is 9.40 Å². The zero-order valence-corrected chi connectivity index (χ0v) is 23.3. The molecule has 0 bridgehead atoms. The van der Waals surface area contributed by atoms with Crippen LogP contribution < -0.4 is 0 Å². The Morgan fingerprint density at radius 2 is 1.70 bits per heavy atom. The maximum Gasteiger partial charge on any atom is 0.161 e. The van der Waals surface area contributed by atoms with Crippen LogP contribution in [0, 0.1) is 12.8 Å².